The van der Waals surface area contributed by atoms with E-state index in [-0.39, 0.29) is 0 Å². The SMILES string of the molecule is CC(C)CN(CC(C)C)S(=O)(=O)c1ccc(Br)s1. The summed E-state index contributed by atoms with van der Waals surface area (Å²) in [6.45, 7) is 9.27. The summed E-state index contributed by atoms with van der Waals surface area (Å²) in [5.41, 5.74) is 0. The number of sulfonamides is 1. The van der Waals surface area contributed by atoms with Crippen LogP contribution in [0.4, 0.5) is 0 Å². The van der Waals surface area contributed by atoms with Gasteiger partial charge in [0.2, 0.25) is 0 Å². The first-order valence-corrected chi connectivity index (χ1v) is 9.04. The van der Waals surface area contributed by atoms with Gasteiger partial charge in [0.25, 0.3) is 10.0 Å². The Hall–Kier alpha value is 0.0900. The molecule has 0 aliphatic carbocycles. The van der Waals surface area contributed by atoms with E-state index in [0.717, 1.165) is 3.79 Å². The molecule has 1 aromatic heterocycles. The highest BCUT2D eigenvalue weighted by molar-refractivity contribution is 9.11. The Morgan fingerprint density at radius 2 is 1.67 bits per heavy atom. The molecule has 1 rings (SSSR count). The van der Waals surface area contributed by atoms with Crippen molar-refractivity contribution in [1.29, 1.82) is 0 Å². The Morgan fingerprint density at radius 1 is 1.17 bits per heavy atom. The van der Waals surface area contributed by atoms with Crippen LogP contribution in [-0.2, 0) is 10.0 Å². The van der Waals surface area contributed by atoms with Crippen molar-refractivity contribution in [2.45, 2.75) is 31.9 Å². The average molecular weight is 354 g/mol. The quantitative estimate of drug-likeness (QED) is 0.779. The van der Waals surface area contributed by atoms with Crippen molar-refractivity contribution in [2.75, 3.05) is 13.1 Å². The molecule has 18 heavy (non-hydrogen) atoms. The second-order valence-corrected chi connectivity index (χ2v) is 9.80. The fraction of sp³-hybridized carbons (Fsp3) is 0.667. The zero-order valence-corrected chi connectivity index (χ0v) is 14.4. The molecule has 0 unspecified atom stereocenters. The van der Waals surface area contributed by atoms with Crippen LogP contribution in [0.5, 0.6) is 0 Å². The Morgan fingerprint density at radius 3 is 2.00 bits per heavy atom. The van der Waals surface area contributed by atoms with Crippen LogP contribution >= 0.6 is 27.3 Å². The van der Waals surface area contributed by atoms with Crippen LogP contribution < -0.4 is 0 Å². The molecule has 1 aromatic rings. The summed E-state index contributed by atoms with van der Waals surface area (Å²) in [6.07, 6.45) is 0. The van der Waals surface area contributed by atoms with E-state index in [0.29, 0.717) is 29.1 Å². The van der Waals surface area contributed by atoms with Gasteiger partial charge >= 0.3 is 0 Å². The van der Waals surface area contributed by atoms with Gasteiger partial charge in [-0.2, -0.15) is 4.31 Å². The van der Waals surface area contributed by atoms with Crippen molar-refractivity contribution < 1.29 is 8.42 Å². The Balaban J connectivity index is 3.03. The largest absolute Gasteiger partial charge is 0.252 e. The highest BCUT2D eigenvalue weighted by Gasteiger charge is 2.27. The third kappa shape index (κ3) is 4.33. The molecule has 104 valence electrons. The molecule has 0 bridgehead atoms. The molecule has 6 heteroatoms. The molecule has 0 amide bonds. The number of hydrogen-bond acceptors (Lipinski definition) is 3. The van der Waals surface area contributed by atoms with E-state index in [2.05, 4.69) is 15.9 Å². The van der Waals surface area contributed by atoms with Crippen LogP contribution in [0, 0.1) is 11.8 Å². The van der Waals surface area contributed by atoms with Gasteiger partial charge in [-0.1, -0.05) is 27.7 Å². The number of thiophene rings is 1. The molecular weight excluding hydrogens is 334 g/mol. The first kappa shape index (κ1) is 16.1. The summed E-state index contributed by atoms with van der Waals surface area (Å²) < 4.78 is 27.9. The molecule has 0 saturated carbocycles. The maximum atomic E-state index is 12.5. The lowest BCUT2D eigenvalue weighted by molar-refractivity contribution is 0.334. The van der Waals surface area contributed by atoms with Crippen molar-refractivity contribution in [1.82, 2.24) is 4.31 Å². The maximum absolute atomic E-state index is 12.5. The minimum Gasteiger partial charge on any atom is -0.206 e. The number of hydrogen-bond donors (Lipinski definition) is 0. The number of nitrogens with zero attached hydrogens (tertiary/aromatic N) is 1. The first-order chi connectivity index (χ1) is 8.23. The summed E-state index contributed by atoms with van der Waals surface area (Å²) in [5.74, 6) is 0.642. The summed E-state index contributed by atoms with van der Waals surface area (Å²) in [4.78, 5) is 0. The molecule has 3 nitrogen and oxygen atoms in total. The third-order valence-electron chi connectivity index (χ3n) is 2.28. The number of halogens is 1. The topological polar surface area (TPSA) is 37.4 Å². The highest BCUT2D eigenvalue weighted by Crippen LogP contribution is 2.29. The molecule has 0 saturated heterocycles. The second kappa shape index (κ2) is 6.50. The van der Waals surface area contributed by atoms with Gasteiger partial charge in [0.15, 0.2) is 0 Å². The fourth-order valence-corrected chi connectivity index (χ4v) is 5.58. The lowest BCUT2D eigenvalue weighted by atomic mass is 10.2. The minimum atomic E-state index is -3.35. The highest BCUT2D eigenvalue weighted by atomic mass is 79.9. The first-order valence-electron chi connectivity index (χ1n) is 5.99. The van der Waals surface area contributed by atoms with Crippen LogP contribution in [0.1, 0.15) is 27.7 Å². The normalized spacial score (nSPS) is 12.9. The van der Waals surface area contributed by atoms with Gasteiger partial charge in [0.05, 0.1) is 3.79 Å². The van der Waals surface area contributed by atoms with Crippen molar-refractivity contribution in [3.63, 3.8) is 0 Å². The summed E-state index contributed by atoms with van der Waals surface area (Å²) in [6, 6.07) is 3.44. The van der Waals surface area contributed by atoms with Crippen LogP contribution in [0.2, 0.25) is 0 Å². The van der Waals surface area contributed by atoms with Gasteiger partial charge in [-0.05, 0) is 39.9 Å². The van der Waals surface area contributed by atoms with Crippen molar-refractivity contribution in [2.24, 2.45) is 11.8 Å². The van der Waals surface area contributed by atoms with E-state index in [1.165, 1.54) is 11.3 Å². The lowest BCUT2D eigenvalue weighted by Gasteiger charge is -2.24. The molecule has 0 atom stereocenters. The molecule has 0 aliphatic heterocycles. The summed E-state index contributed by atoms with van der Waals surface area (Å²) in [5, 5.41) is 0. The molecular formula is C12H20BrNO2S2. The Kier molecular flexibility index (Phi) is 5.83. The molecule has 0 radical (unpaired) electrons. The molecule has 0 N–H and O–H groups in total. The van der Waals surface area contributed by atoms with Gasteiger partial charge in [-0.3, -0.25) is 0 Å². The van der Waals surface area contributed by atoms with Gasteiger partial charge in [0.1, 0.15) is 4.21 Å². The van der Waals surface area contributed by atoms with E-state index in [4.69, 9.17) is 0 Å². The van der Waals surface area contributed by atoms with E-state index in [9.17, 15) is 8.42 Å². The Labute approximate surface area is 122 Å². The second-order valence-electron chi connectivity index (χ2n) is 5.17. The molecule has 0 fully saturated rings. The smallest absolute Gasteiger partial charge is 0.206 e. The van der Waals surface area contributed by atoms with Gasteiger partial charge < -0.3 is 0 Å². The lowest BCUT2D eigenvalue weighted by Crippen LogP contribution is -2.36. The monoisotopic (exact) mass is 353 g/mol. The van der Waals surface area contributed by atoms with Crippen LogP contribution in [-0.4, -0.2) is 25.8 Å². The molecule has 1 heterocycles. The zero-order chi connectivity index (χ0) is 13.9. The Bertz CT molecular complexity index is 470. The van der Waals surface area contributed by atoms with Crippen LogP contribution in [0.15, 0.2) is 20.1 Å². The third-order valence-corrected chi connectivity index (χ3v) is 6.20. The minimum absolute atomic E-state index is 0.321. The standard InChI is InChI=1S/C12H20BrNO2S2/c1-9(2)7-14(8-10(3)4)18(15,16)12-6-5-11(13)17-12/h5-6,9-10H,7-8H2,1-4H3. The molecule has 0 spiro atoms. The van der Waals surface area contributed by atoms with E-state index < -0.39 is 10.0 Å². The van der Waals surface area contributed by atoms with E-state index in [1.54, 1.807) is 16.4 Å². The van der Waals surface area contributed by atoms with Crippen molar-refractivity contribution >= 4 is 37.3 Å². The predicted octanol–water partition coefficient (Wildman–Crippen LogP) is 3.81. The van der Waals surface area contributed by atoms with Crippen molar-refractivity contribution in [3.8, 4) is 0 Å². The van der Waals surface area contributed by atoms with Crippen LogP contribution in [0.3, 0.4) is 0 Å². The van der Waals surface area contributed by atoms with E-state index >= 15 is 0 Å². The average Bonchev–Trinajstić information content (AvgIpc) is 2.63. The van der Waals surface area contributed by atoms with Gasteiger partial charge in [0, 0.05) is 13.1 Å². The summed E-state index contributed by atoms with van der Waals surface area (Å²) >= 11 is 4.58. The molecule has 0 aromatic carbocycles. The van der Waals surface area contributed by atoms with Crippen molar-refractivity contribution in [3.05, 3.63) is 15.9 Å². The maximum Gasteiger partial charge on any atom is 0.252 e. The summed E-state index contributed by atoms with van der Waals surface area (Å²) in [7, 11) is -3.35. The molecule has 0 aliphatic rings. The van der Waals surface area contributed by atoms with Gasteiger partial charge in [-0.15, -0.1) is 11.3 Å². The van der Waals surface area contributed by atoms with Gasteiger partial charge in [-0.25, -0.2) is 8.42 Å². The fourth-order valence-electron chi connectivity index (χ4n) is 1.65. The zero-order valence-electron chi connectivity index (χ0n) is 11.2. The predicted molar refractivity (Wildman–Crippen MR) is 80.5 cm³/mol. The van der Waals surface area contributed by atoms with E-state index in [1.807, 2.05) is 27.7 Å². The number of rotatable bonds is 6. The van der Waals surface area contributed by atoms with Crippen LogP contribution in [0.25, 0.3) is 0 Å².